The van der Waals surface area contributed by atoms with Crippen LogP contribution < -0.4 is 11.1 Å². The molecule has 0 unspecified atom stereocenters. The molecule has 1 heterocycles. The van der Waals surface area contributed by atoms with Crippen LogP contribution in [-0.4, -0.2) is 35.0 Å². The molecule has 1 aliphatic rings. The highest BCUT2D eigenvalue weighted by Gasteiger charge is 2.20. The molecule has 9 heteroatoms. The Morgan fingerprint density at radius 1 is 1.36 bits per heavy atom. The first-order valence-electron chi connectivity index (χ1n) is 7.51. The molecule has 3 N–H and O–H groups in total. The number of rotatable bonds is 1. The Hall–Kier alpha value is -2.06. The third-order valence-corrected chi connectivity index (χ3v) is 3.99. The van der Waals surface area contributed by atoms with Crippen LogP contribution in [0.25, 0.3) is 6.08 Å². The van der Waals surface area contributed by atoms with Gasteiger partial charge in [-0.25, -0.2) is 18.6 Å². The molecule has 0 bridgehead atoms. The van der Waals surface area contributed by atoms with Gasteiger partial charge in [0.2, 0.25) is 5.11 Å². The molecular weight excluding hydrogens is 370 g/mol. The van der Waals surface area contributed by atoms with E-state index in [4.69, 9.17) is 29.6 Å². The number of piperidine rings is 1. The summed E-state index contributed by atoms with van der Waals surface area (Å²) in [5.74, 6) is -1.17. The largest absolute Gasteiger partial charge is 0.387 e. The number of carbonyl (C=O) groups excluding carboxylic acids is 1. The number of thiocarbonyl (C=S) groups is 1. The molecular formula is C16H17ClF2N4OS. The van der Waals surface area contributed by atoms with Crippen LogP contribution >= 0.6 is 23.8 Å². The van der Waals surface area contributed by atoms with Crippen LogP contribution in [0.15, 0.2) is 22.7 Å². The molecule has 5 nitrogen and oxygen atoms in total. The van der Waals surface area contributed by atoms with Crippen LogP contribution in [0.2, 0.25) is 5.02 Å². The van der Waals surface area contributed by atoms with E-state index >= 15 is 0 Å². The number of likely N-dealkylation sites (tertiary alicyclic amines) is 1. The van der Waals surface area contributed by atoms with Crippen molar-refractivity contribution < 1.29 is 13.6 Å². The summed E-state index contributed by atoms with van der Waals surface area (Å²) in [5, 5.41) is 2.47. The quantitative estimate of drug-likeness (QED) is 0.441. The van der Waals surface area contributed by atoms with E-state index in [0.717, 1.165) is 17.7 Å². The second-order valence-electron chi connectivity index (χ2n) is 5.56. The number of nitrogens with two attached hydrogens (primary N) is 1. The molecule has 0 atom stereocenters. The fraction of sp³-hybridized carbons (Fsp3) is 0.312. The van der Waals surface area contributed by atoms with Gasteiger partial charge in [-0.15, -0.1) is 0 Å². The number of carbonyl (C=O) groups is 1. The van der Waals surface area contributed by atoms with Crippen LogP contribution in [0.1, 0.15) is 25.3 Å². The van der Waals surface area contributed by atoms with Gasteiger partial charge in [0, 0.05) is 23.7 Å². The minimum atomic E-state index is -0.710. The Kier molecular flexibility index (Phi) is 6.44. The fourth-order valence-corrected chi connectivity index (χ4v) is 2.82. The molecule has 0 aliphatic carbocycles. The zero-order valence-electron chi connectivity index (χ0n) is 13.5. The average molecular weight is 387 g/mol. The number of nitrogens with zero attached hydrogens (tertiary/aromatic N) is 2. The minimum Gasteiger partial charge on any atom is -0.387 e. The Bertz CT molecular complexity index is 729. The van der Waals surface area contributed by atoms with E-state index in [2.05, 4.69) is 10.3 Å². The molecule has 0 saturated carbocycles. The van der Waals surface area contributed by atoms with Crippen LogP contribution in [0.3, 0.4) is 0 Å². The zero-order valence-corrected chi connectivity index (χ0v) is 15.1. The van der Waals surface area contributed by atoms with E-state index in [9.17, 15) is 13.6 Å². The van der Waals surface area contributed by atoms with E-state index in [0.29, 0.717) is 25.9 Å². The number of hydrogen-bond acceptors (Lipinski definition) is 2. The number of hydrogen-bond donors (Lipinski definition) is 2. The lowest BCUT2D eigenvalue weighted by Gasteiger charge is -2.28. The van der Waals surface area contributed by atoms with Gasteiger partial charge in [-0.05, 0) is 50.2 Å². The van der Waals surface area contributed by atoms with Crippen molar-refractivity contribution in [2.45, 2.75) is 19.8 Å². The summed E-state index contributed by atoms with van der Waals surface area (Å²) in [5.41, 5.74) is 6.12. The highest BCUT2D eigenvalue weighted by molar-refractivity contribution is 7.80. The highest BCUT2D eigenvalue weighted by Crippen LogP contribution is 2.25. The average Bonchev–Trinajstić information content (AvgIpc) is 2.50. The molecule has 1 aromatic carbocycles. The van der Waals surface area contributed by atoms with E-state index in [1.54, 1.807) is 11.8 Å². The Balaban J connectivity index is 1.99. The van der Waals surface area contributed by atoms with Gasteiger partial charge >= 0.3 is 6.03 Å². The van der Waals surface area contributed by atoms with Gasteiger partial charge in [-0.3, -0.25) is 5.32 Å². The number of nitrogens with one attached hydrogen (secondary N) is 1. The topological polar surface area (TPSA) is 70.7 Å². The first-order valence-corrected chi connectivity index (χ1v) is 8.29. The van der Waals surface area contributed by atoms with Gasteiger partial charge in [0.1, 0.15) is 11.6 Å². The number of amidine groups is 1. The highest BCUT2D eigenvalue weighted by atomic mass is 35.5. The van der Waals surface area contributed by atoms with Crippen molar-refractivity contribution in [3.63, 3.8) is 0 Å². The van der Waals surface area contributed by atoms with E-state index in [1.807, 2.05) is 0 Å². The number of amides is 2. The SMILES string of the molecule is C/C(N)=N/C(=S)NC(=O)N1CCC(=Cc2c(F)cc(Cl)cc2F)CC1. The van der Waals surface area contributed by atoms with Crippen molar-refractivity contribution in [2.24, 2.45) is 10.7 Å². The lowest BCUT2D eigenvalue weighted by atomic mass is 10.0. The van der Waals surface area contributed by atoms with Crippen LogP contribution in [0, 0.1) is 11.6 Å². The maximum absolute atomic E-state index is 13.8. The summed E-state index contributed by atoms with van der Waals surface area (Å²) in [6.07, 6.45) is 2.48. The fourth-order valence-electron chi connectivity index (χ4n) is 2.40. The summed E-state index contributed by atoms with van der Waals surface area (Å²) in [6, 6.07) is 1.76. The van der Waals surface area contributed by atoms with Crippen molar-refractivity contribution in [1.29, 1.82) is 0 Å². The van der Waals surface area contributed by atoms with E-state index in [-0.39, 0.29) is 27.6 Å². The van der Waals surface area contributed by atoms with Gasteiger partial charge in [-0.1, -0.05) is 17.2 Å². The number of urea groups is 1. The van der Waals surface area contributed by atoms with Crippen molar-refractivity contribution in [3.8, 4) is 0 Å². The van der Waals surface area contributed by atoms with Crippen molar-refractivity contribution in [1.82, 2.24) is 10.2 Å². The molecule has 1 fully saturated rings. The number of benzene rings is 1. The molecule has 2 rings (SSSR count). The standard InChI is InChI=1S/C16H17ClF2N4OS/c1-9(20)21-15(25)22-16(24)23-4-2-10(3-5-23)6-12-13(18)7-11(17)8-14(12)19/h6-8H,2-5H2,1H3,(H3,20,21,22,24,25). The van der Waals surface area contributed by atoms with E-state index < -0.39 is 11.6 Å². The summed E-state index contributed by atoms with van der Waals surface area (Å²) in [4.78, 5) is 17.4. The number of aliphatic imine (C=N–C) groups is 1. The maximum Gasteiger partial charge on any atom is 0.323 e. The predicted molar refractivity (Wildman–Crippen MR) is 98.6 cm³/mol. The third kappa shape index (κ3) is 5.47. The molecule has 0 radical (unpaired) electrons. The molecule has 134 valence electrons. The molecule has 1 saturated heterocycles. The van der Waals surface area contributed by atoms with Gasteiger partial charge in [0.25, 0.3) is 0 Å². The Labute approximate surface area is 154 Å². The summed E-state index contributed by atoms with van der Waals surface area (Å²) < 4.78 is 27.7. The maximum atomic E-state index is 13.8. The van der Waals surface area contributed by atoms with Gasteiger partial charge in [0.05, 0.1) is 5.84 Å². The summed E-state index contributed by atoms with van der Waals surface area (Å²) in [7, 11) is 0. The lowest BCUT2D eigenvalue weighted by Crippen LogP contribution is -2.44. The second-order valence-corrected chi connectivity index (χ2v) is 6.38. The predicted octanol–water partition coefficient (Wildman–Crippen LogP) is 3.47. The monoisotopic (exact) mass is 386 g/mol. The summed E-state index contributed by atoms with van der Waals surface area (Å²) in [6.45, 7) is 2.37. The van der Waals surface area contributed by atoms with Gasteiger partial charge in [-0.2, -0.15) is 0 Å². The normalized spacial score (nSPS) is 15.1. The van der Waals surface area contributed by atoms with Crippen molar-refractivity contribution in [2.75, 3.05) is 13.1 Å². The Morgan fingerprint density at radius 2 is 1.92 bits per heavy atom. The van der Waals surface area contributed by atoms with Crippen LogP contribution in [0.5, 0.6) is 0 Å². The number of halogens is 3. The van der Waals surface area contributed by atoms with Crippen molar-refractivity contribution in [3.05, 3.63) is 39.9 Å². The molecule has 1 aromatic rings. The molecule has 25 heavy (non-hydrogen) atoms. The van der Waals surface area contributed by atoms with Gasteiger partial charge < -0.3 is 10.6 Å². The van der Waals surface area contributed by atoms with Crippen molar-refractivity contribution >= 4 is 46.9 Å². The second kappa shape index (κ2) is 8.35. The molecule has 0 aromatic heterocycles. The first-order chi connectivity index (χ1) is 11.8. The minimum absolute atomic E-state index is 0.00311. The van der Waals surface area contributed by atoms with Crippen LogP contribution in [0.4, 0.5) is 13.6 Å². The van der Waals surface area contributed by atoms with Gasteiger partial charge in [0.15, 0.2) is 0 Å². The van der Waals surface area contributed by atoms with Crippen LogP contribution in [-0.2, 0) is 0 Å². The third-order valence-electron chi connectivity index (χ3n) is 3.58. The van der Waals surface area contributed by atoms with E-state index in [1.165, 1.54) is 6.08 Å². The first kappa shape index (κ1) is 19.3. The smallest absolute Gasteiger partial charge is 0.323 e. The molecule has 2 amide bonds. The lowest BCUT2D eigenvalue weighted by molar-refractivity contribution is 0.199. The summed E-state index contributed by atoms with van der Waals surface area (Å²) >= 11 is 10.5. The Morgan fingerprint density at radius 3 is 2.44 bits per heavy atom. The zero-order chi connectivity index (χ0) is 18.6. The molecule has 0 spiro atoms. The molecule has 1 aliphatic heterocycles.